The zero-order valence-electron chi connectivity index (χ0n) is 23.1. The van der Waals surface area contributed by atoms with Gasteiger partial charge in [0, 0.05) is 18.6 Å². The maximum absolute atomic E-state index is 12.5. The fourth-order valence-electron chi connectivity index (χ4n) is 4.33. The molecule has 0 fully saturated rings. The maximum Gasteiger partial charge on any atom is 0.310 e. The smallest absolute Gasteiger partial charge is 0.310 e. The average molecular weight is 575 g/mol. The molecule has 0 saturated heterocycles. The van der Waals surface area contributed by atoms with Crippen molar-refractivity contribution in [3.05, 3.63) is 76.3 Å². The van der Waals surface area contributed by atoms with E-state index in [-0.39, 0.29) is 30.6 Å². The van der Waals surface area contributed by atoms with Crippen molar-refractivity contribution < 1.29 is 19.1 Å². The Morgan fingerprint density at radius 1 is 0.805 bits per heavy atom. The third-order valence-electron chi connectivity index (χ3n) is 6.28. The Morgan fingerprint density at radius 2 is 1.51 bits per heavy atom. The number of nitrogens with one attached hydrogen (secondary N) is 2. The highest BCUT2D eigenvalue weighted by molar-refractivity contribution is 7.15. The number of benzene rings is 2. The summed E-state index contributed by atoms with van der Waals surface area (Å²) in [7, 11) is 0. The number of amidine groups is 1. The number of hydrogen-bond donors (Lipinski definition) is 2. The summed E-state index contributed by atoms with van der Waals surface area (Å²) in [5, 5.41) is 23.8. The molecule has 4 rings (SSSR count). The van der Waals surface area contributed by atoms with Crippen LogP contribution in [0.3, 0.4) is 0 Å². The van der Waals surface area contributed by atoms with Crippen LogP contribution in [0.25, 0.3) is 0 Å². The fraction of sp³-hybridized carbons (Fsp3) is 0.367. The molecule has 214 valence electrons. The number of carbonyl (C=O) groups is 3. The second-order valence-corrected chi connectivity index (χ2v) is 10.7. The first-order valence-corrected chi connectivity index (χ1v) is 14.6. The number of unbranched alkanes of at least 4 members (excludes halogenated alkanes) is 1. The van der Waals surface area contributed by atoms with E-state index in [1.54, 1.807) is 6.92 Å². The van der Waals surface area contributed by atoms with Crippen LogP contribution in [-0.2, 0) is 44.8 Å². The average Bonchev–Trinajstić information content (AvgIpc) is 3.39. The van der Waals surface area contributed by atoms with Crippen LogP contribution in [0.15, 0.2) is 64.8 Å². The third kappa shape index (κ3) is 10.3. The topological polar surface area (TPSA) is 135 Å². The van der Waals surface area contributed by atoms with E-state index < -0.39 is 0 Å². The van der Waals surface area contributed by atoms with Crippen molar-refractivity contribution in [2.75, 3.05) is 11.9 Å². The van der Waals surface area contributed by atoms with E-state index in [9.17, 15) is 14.4 Å². The quantitative estimate of drug-likeness (QED) is 0.229. The second-order valence-electron chi connectivity index (χ2n) is 9.66. The molecule has 2 heterocycles. The Kier molecular flexibility index (Phi) is 11.2. The van der Waals surface area contributed by atoms with Crippen LogP contribution in [0.2, 0.25) is 0 Å². The molecule has 1 aliphatic heterocycles. The molecule has 1 aromatic heterocycles. The van der Waals surface area contributed by atoms with Gasteiger partial charge in [-0.1, -0.05) is 65.9 Å². The lowest BCUT2D eigenvalue weighted by molar-refractivity contribution is -0.142. The van der Waals surface area contributed by atoms with Gasteiger partial charge in [-0.15, -0.1) is 15.3 Å². The van der Waals surface area contributed by atoms with E-state index in [1.807, 2.05) is 54.6 Å². The molecule has 2 N–H and O–H groups in total. The van der Waals surface area contributed by atoms with Crippen molar-refractivity contribution in [2.45, 2.75) is 64.7 Å². The van der Waals surface area contributed by atoms with Crippen LogP contribution in [0, 0.1) is 0 Å². The Bertz CT molecular complexity index is 1400. The monoisotopic (exact) mass is 574 g/mol. The van der Waals surface area contributed by atoms with Crippen LogP contribution in [0.4, 0.5) is 5.13 Å². The predicted octanol–water partition coefficient (Wildman–Crippen LogP) is 4.44. The van der Waals surface area contributed by atoms with Gasteiger partial charge < -0.3 is 15.4 Å². The Hall–Kier alpha value is -4.25. The number of nitrogens with zero attached hydrogens (tertiary/aromatic N) is 4. The van der Waals surface area contributed by atoms with Crippen molar-refractivity contribution in [3.8, 4) is 0 Å². The minimum Gasteiger partial charge on any atom is -0.466 e. The Balaban J connectivity index is 1.14. The zero-order chi connectivity index (χ0) is 28.9. The SMILES string of the molecule is CCOC(=O)Cc1cccc(CC(=O)Nc2nnc(CCCCC3=NN=C(NC(=O)Cc4ccccc4)CC3)s2)c1. The normalized spacial score (nSPS) is 12.7. The minimum absolute atomic E-state index is 0.0820. The molecule has 0 radical (unpaired) electrons. The molecule has 0 spiro atoms. The number of rotatable bonds is 13. The largest absolute Gasteiger partial charge is 0.466 e. The molecule has 0 unspecified atom stereocenters. The van der Waals surface area contributed by atoms with Gasteiger partial charge in [0.15, 0.2) is 0 Å². The number of amides is 2. The van der Waals surface area contributed by atoms with Gasteiger partial charge in [-0.2, -0.15) is 5.10 Å². The molecule has 41 heavy (non-hydrogen) atoms. The third-order valence-corrected chi connectivity index (χ3v) is 7.18. The first-order chi connectivity index (χ1) is 20.0. The predicted molar refractivity (Wildman–Crippen MR) is 159 cm³/mol. The van der Waals surface area contributed by atoms with Crippen LogP contribution in [0.1, 0.15) is 60.7 Å². The first kappa shape index (κ1) is 29.7. The van der Waals surface area contributed by atoms with E-state index >= 15 is 0 Å². The van der Waals surface area contributed by atoms with Crippen molar-refractivity contribution >= 4 is 45.8 Å². The summed E-state index contributed by atoms with van der Waals surface area (Å²) in [6.07, 6.45) is 5.59. The van der Waals surface area contributed by atoms with E-state index in [1.165, 1.54) is 11.3 Å². The van der Waals surface area contributed by atoms with Gasteiger partial charge in [-0.25, -0.2) is 0 Å². The van der Waals surface area contributed by atoms with Gasteiger partial charge in [0.05, 0.1) is 25.9 Å². The minimum atomic E-state index is -0.287. The van der Waals surface area contributed by atoms with Gasteiger partial charge in [0.1, 0.15) is 10.8 Å². The number of hydrogen-bond acceptors (Lipinski definition) is 9. The summed E-state index contributed by atoms with van der Waals surface area (Å²) >= 11 is 1.37. The molecule has 2 aromatic carbocycles. The van der Waals surface area contributed by atoms with Crippen LogP contribution >= 0.6 is 11.3 Å². The molecule has 2 amide bonds. The summed E-state index contributed by atoms with van der Waals surface area (Å²) in [5.74, 6) is 0.0569. The number of ether oxygens (including phenoxy) is 1. The van der Waals surface area contributed by atoms with E-state index in [4.69, 9.17) is 4.74 Å². The number of carbonyl (C=O) groups excluding carboxylic acids is 3. The number of esters is 1. The van der Waals surface area contributed by atoms with E-state index in [2.05, 4.69) is 31.0 Å². The van der Waals surface area contributed by atoms with Crippen molar-refractivity contribution in [2.24, 2.45) is 10.2 Å². The van der Waals surface area contributed by atoms with Gasteiger partial charge >= 0.3 is 5.97 Å². The lowest BCUT2D eigenvalue weighted by Crippen LogP contribution is -2.33. The summed E-state index contributed by atoms with van der Waals surface area (Å²) in [4.78, 5) is 36.5. The molecule has 0 saturated carbocycles. The standard InChI is InChI=1S/C30H34N6O4S/c1-2-40-29(39)20-23-12-8-11-22(17-23)19-27(38)32-30-36-35-28(41-30)14-7-6-13-24-15-16-25(34-33-24)31-26(37)18-21-9-4-3-5-10-21/h3-5,8-12,17H,2,6-7,13-16,18-20H2,1H3,(H,31,34,37)(H,32,36,38). The van der Waals surface area contributed by atoms with Crippen LogP contribution in [0.5, 0.6) is 0 Å². The fourth-order valence-corrected chi connectivity index (χ4v) is 5.13. The zero-order valence-corrected chi connectivity index (χ0v) is 23.9. The van der Waals surface area contributed by atoms with Crippen molar-refractivity contribution in [3.63, 3.8) is 0 Å². The highest BCUT2D eigenvalue weighted by Gasteiger charge is 2.14. The van der Waals surface area contributed by atoms with Crippen molar-refractivity contribution in [1.29, 1.82) is 0 Å². The van der Waals surface area contributed by atoms with Gasteiger partial charge in [-0.3, -0.25) is 14.4 Å². The summed E-state index contributed by atoms with van der Waals surface area (Å²) in [6, 6.07) is 17.0. The molecule has 0 bridgehead atoms. The lowest BCUT2D eigenvalue weighted by atomic mass is 10.1. The summed E-state index contributed by atoms with van der Waals surface area (Å²) in [6.45, 7) is 2.11. The van der Waals surface area contributed by atoms with Crippen LogP contribution in [-0.4, -0.2) is 46.1 Å². The first-order valence-electron chi connectivity index (χ1n) is 13.8. The molecule has 1 aliphatic rings. The Labute approximate surface area is 243 Å². The van der Waals surface area contributed by atoms with Crippen molar-refractivity contribution in [1.82, 2.24) is 15.5 Å². The highest BCUT2D eigenvalue weighted by Crippen LogP contribution is 2.19. The molecule has 11 heteroatoms. The number of aryl methyl sites for hydroxylation is 1. The molecule has 0 atom stereocenters. The highest BCUT2D eigenvalue weighted by atomic mass is 32.1. The van der Waals surface area contributed by atoms with Crippen LogP contribution < -0.4 is 10.6 Å². The molecule has 3 aromatic rings. The molecular formula is C30H34N6O4S. The molecule has 10 nitrogen and oxygen atoms in total. The lowest BCUT2D eigenvalue weighted by Gasteiger charge is -2.13. The summed E-state index contributed by atoms with van der Waals surface area (Å²) < 4.78 is 4.99. The van der Waals surface area contributed by atoms with Gasteiger partial charge in [0.25, 0.3) is 0 Å². The number of anilines is 1. The molecular weight excluding hydrogens is 540 g/mol. The van der Waals surface area contributed by atoms with E-state index in [0.717, 1.165) is 59.5 Å². The van der Waals surface area contributed by atoms with Gasteiger partial charge in [-0.05, 0) is 49.3 Å². The van der Waals surface area contributed by atoms with E-state index in [0.29, 0.717) is 30.4 Å². The Morgan fingerprint density at radius 3 is 2.27 bits per heavy atom. The maximum atomic E-state index is 12.5. The van der Waals surface area contributed by atoms with Gasteiger partial charge in [0.2, 0.25) is 16.9 Å². The summed E-state index contributed by atoms with van der Waals surface area (Å²) in [5.41, 5.74) is 3.61. The number of aromatic nitrogens is 2. The molecule has 0 aliphatic carbocycles. The second kappa shape index (κ2) is 15.5.